The molecule has 0 aliphatic carbocycles. The molecule has 2 nitrogen and oxygen atoms in total. The van der Waals surface area contributed by atoms with E-state index in [1.54, 1.807) is 6.20 Å². The molecule has 2 N–H and O–H groups in total. The van der Waals surface area contributed by atoms with Crippen LogP contribution in [0.25, 0.3) is 21.9 Å². The number of fused-ring (bicyclic) bond motifs is 1. The van der Waals surface area contributed by atoms with E-state index in [1.807, 2.05) is 43.3 Å². The van der Waals surface area contributed by atoms with Gasteiger partial charge in [0.1, 0.15) is 5.82 Å². The minimum Gasteiger partial charge on any atom is -0.324 e. The predicted molar refractivity (Wildman–Crippen MR) is 79.7 cm³/mol. The van der Waals surface area contributed by atoms with Crippen LogP contribution in [0, 0.1) is 5.82 Å². The molecule has 0 saturated heterocycles. The van der Waals surface area contributed by atoms with Crippen molar-refractivity contribution in [3.05, 3.63) is 66.2 Å². The zero-order valence-corrected chi connectivity index (χ0v) is 11.2. The highest BCUT2D eigenvalue weighted by Crippen LogP contribution is 2.34. The van der Waals surface area contributed by atoms with E-state index in [2.05, 4.69) is 4.98 Å². The van der Waals surface area contributed by atoms with E-state index in [1.165, 1.54) is 12.3 Å². The molecule has 0 radical (unpaired) electrons. The first-order valence-electron chi connectivity index (χ1n) is 6.55. The van der Waals surface area contributed by atoms with E-state index in [-0.39, 0.29) is 11.9 Å². The first kappa shape index (κ1) is 12.8. The van der Waals surface area contributed by atoms with Crippen LogP contribution in [0.2, 0.25) is 0 Å². The van der Waals surface area contributed by atoms with Crippen molar-refractivity contribution in [2.75, 3.05) is 0 Å². The Morgan fingerprint density at radius 3 is 2.65 bits per heavy atom. The summed E-state index contributed by atoms with van der Waals surface area (Å²) in [7, 11) is 0. The van der Waals surface area contributed by atoms with Crippen molar-refractivity contribution in [3.8, 4) is 11.1 Å². The molecule has 0 saturated carbocycles. The molecule has 100 valence electrons. The van der Waals surface area contributed by atoms with Gasteiger partial charge in [-0.3, -0.25) is 4.98 Å². The molecule has 0 aliphatic heterocycles. The standard InChI is InChI=1S/C17H15FN2/c1-11(19)15-7-6-12-4-2-3-5-16(12)17(15)13-8-14(18)10-20-9-13/h2-11H,19H2,1H3. The molecule has 3 rings (SSSR count). The molecule has 1 atom stereocenters. The SMILES string of the molecule is CC(N)c1ccc2ccccc2c1-c1cncc(F)c1. The first-order valence-corrected chi connectivity index (χ1v) is 6.55. The summed E-state index contributed by atoms with van der Waals surface area (Å²) in [5.74, 6) is -0.342. The molecule has 1 heterocycles. The van der Waals surface area contributed by atoms with Crippen molar-refractivity contribution in [1.82, 2.24) is 4.98 Å². The van der Waals surface area contributed by atoms with Gasteiger partial charge in [-0.05, 0) is 34.9 Å². The van der Waals surface area contributed by atoms with Crippen molar-refractivity contribution >= 4 is 10.8 Å². The maximum atomic E-state index is 13.5. The number of pyridine rings is 1. The van der Waals surface area contributed by atoms with Gasteiger partial charge in [0.15, 0.2) is 0 Å². The van der Waals surface area contributed by atoms with Gasteiger partial charge >= 0.3 is 0 Å². The van der Waals surface area contributed by atoms with Gasteiger partial charge in [-0.2, -0.15) is 0 Å². The molecular weight excluding hydrogens is 251 g/mol. The first-order chi connectivity index (χ1) is 9.66. The molecule has 2 aromatic carbocycles. The van der Waals surface area contributed by atoms with E-state index in [9.17, 15) is 4.39 Å². The number of hydrogen-bond acceptors (Lipinski definition) is 2. The van der Waals surface area contributed by atoms with Crippen molar-refractivity contribution < 1.29 is 4.39 Å². The number of aromatic nitrogens is 1. The Labute approximate surface area is 117 Å². The van der Waals surface area contributed by atoms with Crippen molar-refractivity contribution in [2.45, 2.75) is 13.0 Å². The molecule has 3 aromatic rings. The summed E-state index contributed by atoms with van der Waals surface area (Å²) < 4.78 is 13.5. The quantitative estimate of drug-likeness (QED) is 0.759. The highest BCUT2D eigenvalue weighted by molar-refractivity contribution is 5.98. The second-order valence-corrected chi connectivity index (χ2v) is 4.93. The van der Waals surface area contributed by atoms with Crippen LogP contribution >= 0.6 is 0 Å². The summed E-state index contributed by atoms with van der Waals surface area (Å²) >= 11 is 0. The summed E-state index contributed by atoms with van der Waals surface area (Å²) in [5.41, 5.74) is 8.78. The molecule has 20 heavy (non-hydrogen) atoms. The van der Waals surface area contributed by atoms with E-state index in [0.29, 0.717) is 0 Å². The normalized spacial score (nSPS) is 12.6. The van der Waals surface area contributed by atoms with Crippen LogP contribution < -0.4 is 5.73 Å². The van der Waals surface area contributed by atoms with Gasteiger partial charge in [0, 0.05) is 17.8 Å². The Morgan fingerprint density at radius 1 is 1.10 bits per heavy atom. The Balaban J connectivity index is 2.38. The Morgan fingerprint density at radius 2 is 1.90 bits per heavy atom. The van der Waals surface area contributed by atoms with Crippen LogP contribution in [0.3, 0.4) is 0 Å². The van der Waals surface area contributed by atoms with E-state index in [0.717, 1.165) is 27.5 Å². The lowest BCUT2D eigenvalue weighted by Crippen LogP contribution is -2.07. The molecule has 0 fully saturated rings. The summed E-state index contributed by atoms with van der Waals surface area (Å²) in [5, 5.41) is 2.17. The van der Waals surface area contributed by atoms with Crippen LogP contribution in [-0.2, 0) is 0 Å². The summed E-state index contributed by atoms with van der Waals surface area (Å²) in [6.45, 7) is 1.93. The second-order valence-electron chi connectivity index (χ2n) is 4.93. The Bertz CT molecular complexity index is 766. The van der Waals surface area contributed by atoms with Gasteiger partial charge < -0.3 is 5.73 Å². The van der Waals surface area contributed by atoms with E-state index < -0.39 is 0 Å². The van der Waals surface area contributed by atoms with Gasteiger partial charge in [0.2, 0.25) is 0 Å². The fourth-order valence-corrected chi connectivity index (χ4v) is 2.54. The third-order valence-electron chi connectivity index (χ3n) is 3.45. The van der Waals surface area contributed by atoms with Crippen molar-refractivity contribution in [2.24, 2.45) is 5.73 Å². The number of rotatable bonds is 2. The highest BCUT2D eigenvalue weighted by Gasteiger charge is 2.13. The molecule has 1 unspecified atom stereocenters. The fraction of sp³-hybridized carbons (Fsp3) is 0.118. The van der Waals surface area contributed by atoms with E-state index >= 15 is 0 Å². The summed E-state index contributed by atoms with van der Waals surface area (Å²) in [4.78, 5) is 3.95. The van der Waals surface area contributed by atoms with Crippen LogP contribution in [0.4, 0.5) is 4.39 Å². The Kier molecular flexibility index (Phi) is 3.20. The molecule has 0 spiro atoms. The number of halogens is 1. The summed E-state index contributed by atoms with van der Waals surface area (Å²) in [6.07, 6.45) is 2.89. The Hall–Kier alpha value is -2.26. The zero-order chi connectivity index (χ0) is 14.1. The van der Waals surface area contributed by atoms with Crippen molar-refractivity contribution in [3.63, 3.8) is 0 Å². The lowest BCUT2D eigenvalue weighted by atomic mass is 9.91. The number of hydrogen-bond donors (Lipinski definition) is 1. The largest absolute Gasteiger partial charge is 0.324 e. The van der Waals surface area contributed by atoms with Crippen LogP contribution in [0.15, 0.2) is 54.9 Å². The predicted octanol–water partition coefficient (Wildman–Crippen LogP) is 4.06. The van der Waals surface area contributed by atoms with Crippen molar-refractivity contribution in [1.29, 1.82) is 0 Å². The van der Waals surface area contributed by atoms with Crippen LogP contribution in [-0.4, -0.2) is 4.98 Å². The minimum absolute atomic E-state index is 0.127. The molecule has 0 aliphatic rings. The minimum atomic E-state index is -0.342. The van der Waals surface area contributed by atoms with Gasteiger partial charge in [0.25, 0.3) is 0 Å². The average Bonchev–Trinajstić information content (AvgIpc) is 2.46. The number of nitrogens with zero attached hydrogens (tertiary/aromatic N) is 1. The molecule has 0 bridgehead atoms. The van der Waals surface area contributed by atoms with Crippen LogP contribution in [0.1, 0.15) is 18.5 Å². The summed E-state index contributed by atoms with van der Waals surface area (Å²) in [6, 6.07) is 13.5. The maximum absolute atomic E-state index is 13.5. The topological polar surface area (TPSA) is 38.9 Å². The molecule has 1 aromatic heterocycles. The number of nitrogens with two attached hydrogens (primary N) is 1. The van der Waals surface area contributed by atoms with Gasteiger partial charge in [-0.15, -0.1) is 0 Å². The van der Waals surface area contributed by atoms with Gasteiger partial charge in [0.05, 0.1) is 6.20 Å². The maximum Gasteiger partial charge on any atom is 0.142 e. The number of benzene rings is 2. The molecule has 3 heteroatoms. The second kappa shape index (κ2) is 5.02. The lowest BCUT2D eigenvalue weighted by molar-refractivity contribution is 0.622. The molecular formula is C17H15FN2. The third kappa shape index (κ3) is 2.17. The smallest absolute Gasteiger partial charge is 0.142 e. The third-order valence-corrected chi connectivity index (χ3v) is 3.45. The molecule has 0 amide bonds. The fourth-order valence-electron chi connectivity index (χ4n) is 2.54. The monoisotopic (exact) mass is 266 g/mol. The average molecular weight is 266 g/mol. The van der Waals surface area contributed by atoms with Gasteiger partial charge in [-0.1, -0.05) is 36.4 Å². The van der Waals surface area contributed by atoms with Gasteiger partial charge in [-0.25, -0.2) is 4.39 Å². The van der Waals surface area contributed by atoms with Crippen LogP contribution in [0.5, 0.6) is 0 Å². The lowest BCUT2D eigenvalue weighted by Gasteiger charge is -2.16. The zero-order valence-electron chi connectivity index (χ0n) is 11.2. The van der Waals surface area contributed by atoms with E-state index in [4.69, 9.17) is 5.73 Å². The highest BCUT2D eigenvalue weighted by atomic mass is 19.1.